The summed E-state index contributed by atoms with van der Waals surface area (Å²) >= 11 is 0. The van der Waals surface area contributed by atoms with Crippen molar-refractivity contribution in [3.63, 3.8) is 0 Å². The van der Waals surface area contributed by atoms with E-state index in [4.69, 9.17) is 5.11 Å². The molecule has 0 amide bonds. The first-order chi connectivity index (χ1) is 13.7. The average Bonchev–Trinajstić information content (AvgIpc) is 2.74. The van der Waals surface area contributed by atoms with Gasteiger partial charge in [-0.05, 0) is 49.1 Å². The largest absolute Gasteiger partial charge is 0.507 e. The van der Waals surface area contributed by atoms with Gasteiger partial charge in [0.15, 0.2) is 5.78 Å². The molecule has 0 aliphatic heterocycles. The van der Waals surface area contributed by atoms with Crippen molar-refractivity contribution in [1.29, 1.82) is 0 Å². The number of hydrogen-bond acceptors (Lipinski definition) is 5. The monoisotopic (exact) mass is 374 g/mol. The molecule has 0 spiro atoms. The Morgan fingerprint density at radius 3 is 2.39 bits per heavy atom. The lowest BCUT2D eigenvalue weighted by atomic mass is 10.0. The number of benzene rings is 3. The summed E-state index contributed by atoms with van der Waals surface area (Å²) < 4.78 is 0. The molecule has 0 fully saturated rings. The molecule has 3 rings (SSSR count). The number of carbonyl (C=O) groups is 1. The summed E-state index contributed by atoms with van der Waals surface area (Å²) in [6.45, 7) is 0.176. The van der Waals surface area contributed by atoms with Crippen molar-refractivity contribution >= 4 is 17.2 Å². The molecule has 2 N–H and O–H groups in total. The zero-order valence-corrected chi connectivity index (χ0v) is 15.5. The number of aliphatic hydroxyl groups excluding tert-OH is 1. The van der Waals surface area contributed by atoms with Gasteiger partial charge in [-0.1, -0.05) is 48.5 Å². The molecule has 5 nitrogen and oxygen atoms in total. The standard InChI is InChI=1S/C23H22N2O3/c26-15-7-6-9-17-8-4-5-12-21(17)25-24-19-13-14-22(27)20(16-19)23(28)18-10-2-1-3-11-18/h1-5,8,10-14,16,26-27H,6-7,9,15H2. The van der Waals surface area contributed by atoms with Gasteiger partial charge in [0, 0.05) is 12.2 Å². The average molecular weight is 374 g/mol. The molecule has 0 aromatic heterocycles. The first kappa shape index (κ1) is 19.5. The minimum atomic E-state index is -0.264. The van der Waals surface area contributed by atoms with Crippen LogP contribution in [0, 0.1) is 0 Å². The number of aliphatic hydroxyl groups is 1. The highest BCUT2D eigenvalue weighted by atomic mass is 16.3. The summed E-state index contributed by atoms with van der Waals surface area (Å²) in [5.41, 5.74) is 2.99. The van der Waals surface area contributed by atoms with Crippen LogP contribution in [0.5, 0.6) is 5.75 Å². The highest BCUT2D eigenvalue weighted by Crippen LogP contribution is 2.28. The maximum Gasteiger partial charge on any atom is 0.196 e. The van der Waals surface area contributed by atoms with Crippen molar-refractivity contribution in [2.45, 2.75) is 19.3 Å². The van der Waals surface area contributed by atoms with E-state index < -0.39 is 0 Å². The highest BCUT2D eigenvalue weighted by molar-refractivity contribution is 6.11. The number of hydrogen-bond donors (Lipinski definition) is 2. The van der Waals surface area contributed by atoms with E-state index in [1.54, 1.807) is 36.4 Å². The van der Waals surface area contributed by atoms with Crippen LogP contribution in [-0.2, 0) is 6.42 Å². The Morgan fingerprint density at radius 2 is 1.61 bits per heavy atom. The van der Waals surface area contributed by atoms with E-state index in [9.17, 15) is 9.90 Å². The Bertz CT molecular complexity index is 969. The van der Waals surface area contributed by atoms with Crippen LogP contribution >= 0.6 is 0 Å². The minimum Gasteiger partial charge on any atom is -0.507 e. The zero-order valence-electron chi connectivity index (χ0n) is 15.5. The Labute approximate surface area is 164 Å². The Hall–Kier alpha value is -3.31. The van der Waals surface area contributed by atoms with E-state index in [0.29, 0.717) is 11.3 Å². The highest BCUT2D eigenvalue weighted by Gasteiger charge is 2.14. The Morgan fingerprint density at radius 1 is 0.857 bits per heavy atom. The number of carbonyl (C=O) groups excluding carboxylic acids is 1. The molecule has 0 saturated heterocycles. The Kier molecular flexibility index (Phi) is 6.65. The molecule has 0 heterocycles. The van der Waals surface area contributed by atoms with Gasteiger partial charge in [-0.2, -0.15) is 10.2 Å². The fourth-order valence-corrected chi connectivity index (χ4v) is 2.87. The maximum atomic E-state index is 12.6. The molecule has 3 aromatic rings. The first-order valence-electron chi connectivity index (χ1n) is 9.22. The number of rotatable bonds is 8. The molecule has 142 valence electrons. The summed E-state index contributed by atoms with van der Waals surface area (Å²) in [5, 5.41) is 27.6. The summed E-state index contributed by atoms with van der Waals surface area (Å²) in [5.74, 6) is -0.350. The lowest BCUT2D eigenvalue weighted by molar-refractivity contribution is 0.103. The van der Waals surface area contributed by atoms with Crippen molar-refractivity contribution in [3.05, 3.63) is 89.5 Å². The normalized spacial score (nSPS) is 11.0. The number of phenolic OH excluding ortho intramolecular Hbond substituents is 1. The van der Waals surface area contributed by atoms with Crippen LogP contribution in [0.1, 0.15) is 34.3 Å². The van der Waals surface area contributed by atoms with Crippen LogP contribution in [0.4, 0.5) is 11.4 Å². The fourth-order valence-electron chi connectivity index (χ4n) is 2.87. The van der Waals surface area contributed by atoms with E-state index in [1.807, 2.05) is 30.3 Å². The van der Waals surface area contributed by atoms with E-state index >= 15 is 0 Å². The molecule has 28 heavy (non-hydrogen) atoms. The molecule has 5 heteroatoms. The molecule has 0 radical (unpaired) electrons. The summed E-state index contributed by atoms with van der Waals surface area (Å²) in [6, 6.07) is 21.1. The second-order valence-corrected chi connectivity index (χ2v) is 6.41. The number of azo groups is 1. The number of nitrogens with zero attached hydrogens (tertiary/aromatic N) is 2. The van der Waals surface area contributed by atoms with Gasteiger partial charge < -0.3 is 10.2 Å². The lowest BCUT2D eigenvalue weighted by Gasteiger charge is -2.06. The van der Waals surface area contributed by atoms with Crippen molar-refractivity contribution < 1.29 is 15.0 Å². The molecule has 3 aromatic carbocycles. The smallest absolute Gasteiger partial charge is 0.196 e. The molecule has 0 aliphatic rings. The van der Waals surface area contributed by atoms with E-state index in [-0.39, 0.29) is 23.7 Å². The maximum absolute atomic E-state index is 12.6. The van der Waals surface area contributed by atoms with Gasteiger partial charge in [0.1, 0.15) is 5.75 Å². The second-order valence-electron chi connectivity index (χ2n) is 6.41. The van der Waals surface area contributed by atoms with Crippen molar-refractivity contribution in [1.82, 2.24) is 0 Å². The van der Waals surface area contributed by atoms with Gasteiger partial charge in [-0.25, -0.2) is 0 Å². The van der Waals surface area contributed by atoms with Crippen LogP contribution in [0.3, 0.4) is 0 Å². The van der Waals surface area contributed by atoms with Gasteiger partial charge in [-0.15, -0.1) is 0 Å². The van der Waals surface area contributed by atoms with Crippen LogP contribution in [0.2, 0.25) is 0 Å². The third-order valence-electron chi connectivity index (χ3n) is 4.38. The topological polar surface area (TPSA) is 82.2 Å². The second kappa shape index (κ2) is 9.58. The number of phenols is 1. The quantitative estimate of drug-likeness (QED) is 0.317. The van der Waals surface area contributed by atoms with Gasteiger partial charge in [0.2, 0.25) is 0 Å². The SMILES string of the molecule is O=C(c1ccccc1)c1cc(N=Nc2ccccc2CCCCO)ccc1O. The van der Waals surface area contributed by atoms with Gasteiger partial charge >= 0.3 is 0 Å². The first-order valence-corrected chi connectivity index (χ1v) is 9.22. The molecule has 0 atom stereocenters. The molecule has 0 aliphatic carbocycles. The summed E-state index contributed by atoms with van der Waals surface area (Å²) in [4.78, 5) is 12.6. The van der Waals surface area contributed by atoms with E-state index in [2.05, 4.69) is 10.2 Å². The van der Waals surface area contributed by atoms with Gasteiger partial charge in [-0.3, -0.25) is 4.79 Å². The van der Waals surface area contributed by atoms with Crippen LogP contribution in [0.15, 0.2) is 83.0 Å². The molecule has 0 bridgehead atoms. The van der Waals surface area contributed by atoms with Crippen LogP contribution in [-0.4, -0.2) is 22.6 Å². The molecule has 0 saturated carbocycles. The van der Waals surface area contributed by atoms with Crippen LogP contribution in [0.25, 0.3) is 0 Å². The lowest BCUT2D eigenvalue weighted by Crippen LogP contribution is -2.01. The summed E-state index contributed by atoms with van der Waals surface area (Å²) in [7, 11) is 0. The predicted octanol–water partition coefficient (Wildman–Crippen LogP) is 5.35. The molecule has 0 unspecified atom stereocenters. The minimum absolute atomic E-state index is 0.0859. The third kappa shape index (κ3) is 4.90. The van der Waals surface area contributed by atoms with Gasteiger partial charge in [0.25, 0.3) is 0 Å². The van der Waals surface area contributed by atoms with Crippen molar-refractivity contribution in [2.24, 2.45) is 10.2 Å². The van der Waals surface area contributed by atoms with E-state index in [1.165, 1.54) is 6.07 Å². The molecular formula is C23H22N2O3. The summed E-state index contributed by atoms with van der Waals surface area (Å²) in [6.07, 6.45) is 2.43. The third-order valence-corrected chi connectivity index (χ3v) is 4.38. The fraction of sp³-hybridized carbons (Fsp3) is 0.174. The number of unbranched alkanes of at least 4 members (excludes halogenated alkanes) is 1. The predicted molar refractivity (Wildman–Crippen MR) is 109 cm³/mol. The number of aromatic hydroxyl groups is 1. The van der Waals surface area contributed by atoms with Gasteiger partial charge in [0.05, 0.1) is 16.9 Å². The number of ketones is 1. The van der Waals surface area contributed by atoms with Crippen molar-refractivity contribution in [2.75, 3.05) is 6.61 Å². The molecular weight excluding hydrogens is 352 g/mol. The van der Waals surface area contributed by atoms with Crippen molar-refractivity contribution in [3.8, 4) is 5.75 Å². The zero-order chi connectivity index (χ0) is 19.8. The Balaban J connectivity index is 1.83. The van der Waals surface area contributed by atoms with E-state index in [0.717, 1.165) is 30.5 Å². The van der Waals surface area contributed by atoms with Crippen LogP contribution < -0.4 is 0 Å². The number of aryl methyl sites for hydroxylation is 1.